The molecule has 0 aliphatic carbocycles. The van der Waals surface area contributed by atoms with Gasteiger partial charge in [-0.1, -0.05) is 26.0 Å². The average Bonchev–Trinajstić information content (AvgIpc) is 2.67. The summed E-state index contributed by atoms with van der Waals surface area (Å²) in [7, 11) is 1.77. The van der Waals surface area contributed by atoms with Gasteiger partial charge < -0.3 is 20.3 Å². The second kappa shape index (κ2) is 13.8. The minimum absolute atomic E-state index is 0. The lowest BCUT2D eigenvalue weighted by atomic mass is 10.1. The molecule has 0 spiro atoms. The van der Waals surface area contributed by atoms with Crippen LogP contribution < -0.4 is 15.5 Å². The minimum atomic E-state index is 0. The number of hydrogen-bond donors (Lipinski definition) is 2. The summed E-state index contributed by atoms with van der Waals surface area (Å²) in [6.07, 6.45) is 3.70. The molecule has 2 N–H and O–H groups in total. The molecule has 0 unspecified atom stereocenters. The third kappa shape index (κ3) is 8.77. The van der Waals surface area contributed by atoms with E-state index in [-0.39, 0.29) is 29.9 Å². The van der Waals surface area contributed by atoms with Crippen LogP contribution in [0.25, 0.3) is 0 Å². The molecule has 1 fully saturated rings. The van der Waals surface area contributed by atoms with Gasteiger partial charge in [-0.2, -0.15) is 0 Å². The highest BCUT2D eigenvalue weighted by Crippen LogP contribution is 2.21. The van der Waals surface area contributed by atoms with Crippen molar-refractivity contribution < 1.29 is 9.53 Å². The van der Waals surface area contributed by atoms with Crippen LogP contribution in [0.1, 0.15) is 45.1 Å². The first-order valence-corrected chi connectivity index (χ1v) is 10.0. The predicted molar refractivity (Wildman–Crippen MR) is 127 cm³/mol. The van der Waals surface area contributed by atoms with E-state index in [4.69, 9.17) is 4.74 Å². The van der Waals surface area contributed by atoms with Crippen LogP contribution in [-0.2, 0) is 16.1 Å². The van der Waals surface area contributed by atoms with Crippen molar-refractivity contribution in [2.75, 3.05) is 38.3 Å². The molecule has 1 aromatic rings. The van der Waals surface area contributed by atoms with E-state index in [9.17, 15) is 4.79 Å². The average molecular weight is 502 g/mol. The number of nitrogens with one attached hydrogen (secondary N) is 2. The molecule has 0 saturated carbocycles. The number of hydrogen-bond acceptors (Lipinski definition) is 3. The molecule has 1 amide bonds. The Hall–Kier alpha value is -1.35. The minimum Gasteiger partial charge on any atom is -0.381 e. The Morgan fingerprint density at radius 1 is 1.21 bits per heavy atom. The fourth-order valence-electron chi connectivity index (χ4n) is 2.98. The Kier molecular flexibility index (Phi) is 12.1. The molecule has 0 aromatic heterocycles. The largest absolute Gasteiger partial charge is 0.381 e. The number of anilines is 1. The van der Waals surface area contributed by atoms with Gasteiger partial charge >= 0.3 is 0 Å². The van der Waals surface area contributed by atoms with Crippen LogP contribution in [0.3, 0.4) is 0 Å². The van der Waals surface area contributed by atoms with Gasteiger partial charge in [0.1, 0.15) is 0 Å². The fraction of sp³-hybridized carbons (Fsp3) is 0.619. The van der Waals surface area contributed by atoms with Crippen molar-refractivity contribution in [1.29, 1.82) is 0 Å². The van der Waals surface area contributed by atoms with Gasteiger partial charge in [-0.15, -0.1) is 24.0 Å². The number of ether oxygens (including phenoxy) is 1. The molecular weight excluding hydrogens is 467 g/mol. The lowest BCUT2D eigenvalue weighted by molar-refractivity contribution is -0.119. The van der Waals surface area contributed by atoms with Gasteiger partial charge in [-0.05, 0) is 42.9 Å². The lowest BCUT2D eigenvalue weighted by Crippen LogP contribution is -2.37. The number of carbonyl (C=O) groups excluding carboxylic acids is 1. The number of benzene rings is 1. The summed E-state index contributed by atoms with van der Waals surface area (Å²) in [5, 5.41) is 6.62. The molecule has 0 atom stereocenters. The lowest BCUT2D eigenvalue weighted by Gasteiger charge is -2.26. The first kappa shape index (κ1) is 24.7. The first-order valence-electron chi connectivity index (χ1n) is 10.0. The van der Waals surface area contributed by atoms with Crippen molar-refractivity contribution in [3.63, 3.8) is 0 Å². The zero-order valence-electron chi connectivity index (χ0n) is 17.4. The highest BCUT2D eigenvalue weighted by molar-refractivity contribution is 14.0. The van der Waals surface area contributed by atoms with Gasteiger partial charge in [0.05, 0.1) is 0 Å². The summed E-state index contributed by atoms with van der Waals surface area (Å²) < 4.78 is 5.58. The maximum absolute atomic E-state index is 12.0. The smallest absolute Gasteiger partial charge is 0.226 e. The molecular formula is C21H35IN4O2. The third-order valence-electron chi connectivity index (χ3n) is 4.46. The van der Waals surface area contributed by atoms with E-state index in [1.54, 1.807) is 7.05 Å². The van der Waals surface area contributed by atoms with E-state index in [2.05, 4.69) is 41.6 Å². The second-order valence-electron chi connectivity index (χ2n) is 7.34. The zero-order valence-corrected chi connectivity index (χ0v) is 19.7. The number of amides is 1. The monoisotopic (exact) mass is 502 g/mol. The molecule has 0 bridgehead atoms. The topological polar surface area (TPSA) is 66.0 Å². The van der Waals surface area contributed by atoms with Gasteiger partial charge in [0.15, 0.2) is 5.96 Å². The number of aliphatic imine (C=N–C) groups is 1. The van der Waals surface area contributed by atoms with Crippen molar-refractivity contribution in [1.82, 2.24) is 10.6 Å². The molecule has 1 aliphatic heterocycles. The molecule has 1 heterocycles. The van der Waals surface area contributed by atoms with Crippen LogP contribution in [-0.4, -0.2) is 45.2 Å². The summed E-state index contributed by atoms with van der Waals surface area (Å²) in [4.78, 5) is 18.2. The van der Waals surface area contributed by atoms with Gasteiger partial charge in [0, 0.05) is 52.0 Å². The number of carbonyl (C=O) groups is 1. The summed E-state index contributed by atoms with van der Waals surface area (Å²) >= 11 is 0. The maximum Gasteiger partial charge on any atom is 0.226 e. The Labute approximate surface area is 186 Å². The number of rotatable bonds is 9. The van der Waals surface area contributed by atoms with Crippen molar-refractivity contribution in [3.8, 4) is 0 Å². The summed E-state index contributed by atoms with van der Waals surface area (Å²) in [6, 6.07) is 8.19. The van der Waals surface area contributed by atoms with Gasteiger partial charge in [0.2, 0.25) is 5.91 Å². The predicted octanol–water partition coefficient (Wildman–Crippen LogP) is 3.55. The second-order valence-corrected chi connectivity index (χ2v) is 7.34. The number of nitrogens with zero attached hydrogens (tertiary/aromatic N) is 2. The quantitative estimate of drug-likeness (QED) is 0.235. The number of halogens is 1. The maximum atomic E-state index is 12.0. The van der Waals surface area contributed by atoms with Gasteiger partial charge in [0.25, 0.3) is 0 Å². The molecule has 28 heavy (non-hydrogen) atoms. The van der Waals surface area contributed by atoms with Crippen molar-refractivity contribution in [2.24, 2.45) is 10.9 Å². The van der Waals surface area contributed by atoms with Crippen LogP contribution in [0, 0.1) is 5.92 Å². The molecule has 1 aromatic carbocycles. The van der Waals surface area contributed by atoms with Gasteiger partial charge in [-0.3, -0.25) is 9.79 Å². The Balaban J connectivity index is 0.00000392. The van der Waals surface area contributed by atoms with Gasteiger partial charge in [-0.25, -0.2) is 0 Å². The Morgan fingerprint density at radius 2 is 1.96 bits per heavy atom. The third-order valence-corrected chi connectivity index (χ3v) is 4.46. The summed E-state index contributed by atoms with van der Waals surface area (Å²) in [5.41, 5.74) is 2.15. The highest BCUT2D eigenvalue weighted by Gasteiger charge is 2.19. The van der Waals surface area contributed by atoms with E-state index in [1.165, 1.54) is 0 Å². The zero-order chi connectivity index (χ0) is 19.5. The molecule has 2 rings (SSSR count). The standard InChI is InChI=1S/C21H34N4O2.HI/c1-17(2)16-27-14-6-12-23-21(22-3)24-15-18-8-10-19(11-9-18)25-13-5-4-7-20(25)26;/h8-11,17H,4-7,12-16H2,1-3H3,(H2,22,23,24);1H. The van der Waals surface area contributed by atoms with Crippen LogP contribution in [0.2, 0.25) is 0 Å². The Bertz CT molecular complexity index is 605. The van der Waals surface area contributed by atoms with Crippen molar-refractivity contribution in [3.05, 3.63) is 29.8 Å². The first-order chi connectivity index (χ1) is 13.1. The van der Waals surface area contributed by atoms with Crippen molar-refractivity contribution >= 4 is 41.5 Å². The van der Waals surface area contributed by atoms with E-state index in [1.807, 2.05) is 17.0 Å². The SMILES string of the molecule is CN=C(NCCCOCC(C)C)NCc1ccc(N2CCCCC2=O)cc1.I. The molecule has 158 valence electrons. The van der Waals surface area contributed by atoms with Crippen LogP contribution >= 0.6 is 24.0 Å². The highest BCUT2D eigenvalue weighted by atomic mass is 127. The van der Waals surface area contributed by atoms with E-state index >= 15 is 0 Å². The van der Waals surface area contributed by atoms with Crippen molar-refractivity contribution in [2.45, 2.75) is 46.1 Å². The van der Waals surface area contributed by atoms with Crippen LogP contribution in [0.5, 0.6) is 0 Å². The number of piperidine rings is 1. The molecule has 7 heteroatoms. The van der Waals surface area contributed by atoms with Crippen LogP contribution in [0.15, 0.2) is 29.3 Å². The van der Waals surface area contributed by atoms with Crippen LogP contribution in [0.4, 0.5) is 5.69 Å². The summed E-state index contributed by atoms with van der Waals surface area (Å²) in [5.74, 6) is 1.59. The molecule has 1 aliphatic rings. The van der Waals surface area contributed by atoms with E-state index < -0.39 is 0 Å². The fourth-order valence-corrected chi connectivity index (χ4v) is 2.98. The summed E-state index contributed by atoms with van der Waals surface area (Å²) in [6.45, 7) is 8.23. The molecule has 0 radical (unpaired) electrons. The van der Waals surface area contributed by atoms with E-state index in [0.717, 1.165) is 62.8 Å². The normalized spacial score (nSPS) is 14.8. The van der Waals surface area contributed by atoms with E-state index in [0.29, 0.717) is 18.9 Å². The molecule has 6 nitrogen and oxygen atoms in total. The number of guanidine groups is 1. The molecule has 1 saturated heterocycles. The Morgan fingerprint density at radius 3 is 2.61 bits per heavy atom.